The molecule has 0 radical (unpaired) electrons. The number of rotatable bonds is 12. The summed E-state index contributed by atoms with van der Waals surface area (Å²) in [6.45, 7) is 15.0. The lowest BCUT2D eigenvalue weighted by Gasteiger charge is -2.39. The summed E-state index contributed by atoms with van der Waals surface area (Å²) >= 11 is 0. The number of hydrogen-bond acceptors (Lipinski definition) is 0. The van der Waals surface area contributed by atoms with E-state index in [1.54, 1.807) is 11.1 Å². The van der Waals surface area contributed by atoms with E-state index in [0.717, 1.165) is 0 Å². The fourth-order valence-electron chi connectivity index (χ4n) is 5.99. The van der Waals surface area contributed by atoms with Crippen molar-refractivity contribution in [2.24, 2.45) is 0 Å². The molecule has 0 saturated heterocycles. The van der Waals surface area contributed by atoms with Crippen molar-refractivity contribution < 1.29 is 9.19 Å². The second-order valence-corrected chi connectivity index (χ2v) is 10.9. The normalized spacial score (nSPS) is 13.1. The molecule has 0 heterocycles. The highest BCUT2D eigenvalue weighted by Gasteiger charge is 2.24. The highest BCUT2D eigenvalue weighted by atomic mass is 19.0. The molecule has 1 aliphatic carbocycles. The number of quaternary nitrogens is 1. The molecule has 0 aliphatic heterocycles. The summed E-state index contributed by atoms with van der Waals surface area (Å²) in [5, 5.41) is 5.64. The van der Waals surface area contributed by atoms with Gasteiger partial charge in [-0.15, -0.1) is 0 Å². The van der Waals surface area contributed by atoms with Crippen molar-refractivity contribution >= 4 is 21.5 Å². The lowest BCUT2D eigenvalue weighted by Crippen LogP contribution is -3.00. The van der Waals surface area contributed by atoms with Crippen LogP contribution >= 0.6 is 0 Å². The first-order valence-corrected chi connectivity index (χ1v) is 14.9. The third-order valence-electron chi connectivity index (χ3n) is 8.20. The number of nitrogens with zero attached hydrogens (tertiary/aromatic N) is 1. The summed E-state index contributed by atoms with van der Waals surface area (Å²) in [4.78, 5) is 0. The van der Waals surface area contributed by atoms with Gasteiger partial charge in [-0.1, -0.05) is 102 Å². The van der Waals surface area contributed by atoms with Crippen molar-refractivity contribution in [3.05, 3.63) is 59.7 Å². The number of hydrogen-bond donors (Lipinski definition) is 0. The van der Waals surface area contributed by atoms with E-state index in [-0.39, 0.29) is 4.70 Å². The van der Waals surface area contributed by atoms with Crippen LogP contribution in [0, 0.1) is 0 Å². The van der Waals surface area contributed by atoms with Crippen molar-refractivity contribution in [2.45, 2.75) is 105 Å². The van der Waals surface area contributed by atoms with Gasteiger partial charge in [0.25, 0.3) is 0 Å². The Morgan fingerprint density at radius 2 is 1.08 bits per heavy atom. The molecule has 0 spiro atoms. The van der Waals surface area contributed by atoms with Gasteiger partial charge < -0.3 is 9.19 Å². The first-order valence-electron chi connectivity index (χ1n) is 14.9. The lowest BCUT2D eigenvalue weighted by molar-refractivity contribution is -0.929. The van der Waals surface area contributed by atoms with Gasteiger partial charge >= 0.3 is 0 Å². The lowest BCUT2D eigenvalue weighted by atomic mass is 9.86. The molecule has 0 fully saturated rings. The minimum atomic E-state index is 0. The topological polar surface area (TPSA) is 0 Å². The van der Waals surface area contributed by atoms with Gasteiger partial charge in [-0.2, -0.15) is 0 Å². The van der Waals surface area contributed by atoms with Crippen LogP contribution in [0.4, 0.5) is 0 Å². The van der Waals surface area contributed by atoms with Crippen molar-refractivity contribution in [1.82, 2.24) is 0 Å². The van der Waals surface area contributed by atoms with Crippen LogP contribution < -0.4 is 4.70 Å². The van der Waals surface area contributed by atoms with Crippen LogP contribution in [0.15, 0.2) is 48.5 Å². The van der Waals surface area contributed by atoms with Crippen LogP contribution in [-0.4, -0.2) is 30.7 Å². The molecule has 0 atom stereocenters. The van der Waals surface area contributed by atoms with Crippen LogP contribution in [0.25, 0.3) is 21.5 Å². The molecule has 1 aliphatic rings. The SMILES string of the molecule is CCCC[N+](CCCC)(CCCC)CCCC.[F-].c1ccc2c(c1)ccc1c3c(ccc12)CCCC3. The Morgan fingerprint density at radius 3 is 1.67 bits per heavy atom. The third kappa shape index (κ3) is 8.04. The molecule has 3 aromatic rings. The quantitative estimate of drug-likeness (QED) is 0.191. The average molecular weight is 494 g/mol. The highest BCUT2D eigenvalue weighted by Crippen LogP contribution is 2.33. The Kier molecular flexibility index (Phi) is 13.5. The van der Waals surface area contributed by atoms with Gasteiger partial charge in [0.15, 0.2) is 0 Å². The maximum absolute atomic E-state index is 2.35. The van der Waals surface area contributed by atoms with Gasteiger partial charge in [0.2, 0.25) is 0 Å². The van der Waals surface area contributed by atoms with Crippen LogP contribution in [-0.2, 0) is 12.8 Å². The molecule has 1 nitrogen and oxygen atoms in total. The number of benzene rings is 3. The molecule has 0 unspecified atom stereocenters. The zero-order valence-electron chi connectivity index (χ0n) is 23.8. The van der Waals surface area contributed by atoms with Crippen LogP contribution in [0.3, 0.4) is 0 Å². The van der Waals surface area contributed by atoms with E-state index in [1.165, 1.54) is 129 Å². The van der Waals surface area contributed by atoms with Crippen molar-refractivity contribution in [3.8, 4) is 0 Å². The van der Waals surface area contributed by atoms with Crippen LogP contribution in [0.1, 0.15) is 103 Å². The molecule has 36 heavy (non-hydrogen) atoms. The predicted octanol–water partition coefficient (Wildman–Crippen LogP) is 6.88. The van der Waals surface area contributed by atoms with Gasteiger partial charge in [0.05, 0.1) is 26.2 Å². The maximum atomic E-state index is 2.35. The number of fused-ring (bicyclic) bond motifs is 5. The zero-order chi connectivity index (χ0) is 24.9. The van der Waals surface area contributed by atoms with Gasteiger partial charge in [-0.05, 0) is 84.0 Å². The third-order valence-corrected chi connectivity index (χ3v) is 8.20. The molecular weight excluding hydrogens is 441 g/mol. The van der Waals surface area contributed by atoms with E-state index < -0.39 is 0 Å². The average Bonchev–Trinajstić information content (AvgIpc) is 2.92. The number of aryl methyl sites for hydroxylation is 2. The first-order chi connectivity index (χ1) is 17.2. The van der Waals surface area contributed by atoms with E-state index in [0.29, 0.717) is 0 Å². The fraction of sp³-hybridized carbons (Fsp3) is 0.588. The molecular formula is C34H52FN. The highest BCUT2D eigenvalue weighted by molar-refractivity contribution is 6.08. The van der Waals surface area contributed by atoms with E-state index >= 15 is 0 Å². The predicted molar refractivity (Wildman–Crippen MR) is 157 cm³/mol. The van der Waals surface area contributed by atoms with Gasteiger partial charge in [-0.3, -0.25) is 0 Å². The standard InChI is InChI=1S/C18H16.C16H36N.FH/c1-3-7-15-13(5-1)9-11-18-16-8-4-2-6-14(16)10-12-17(15)18;1-5-9-13-17(14-10-6-2,15-11-7-3)16-12-8-4;/h1,3,5,7,9-12H,2,4,6,8H2;5-16H2,1-4H3;1H/q;+1;/p-1. The van der Waals surface area contributed by atoms with E-state index in [1.807, 2.05) is 0 Å². The van der Waals surface area contributed by atoms with Gasteiger partial charge in [0.1, 0.15) is 0 Å². The fourth-order valence-corrected chi connectivity index (χ4v) is 5.99. The van der Waals surface area contributed by atoms with Gasteiger partial charge in [-0.25, -0.2) is 0 Å². The van der Waals surface area contributed by atoms with E-state index in [9.17, 15) is 0 Å². The zero-order valence-corrected chi connectivity index (χ0v) is 23.8. The van der Waals surface area contributed by atoms with Gasteiger partial charge in [0, 0.05) is 0 Å². The number of halogens is 1. The van der Waals surface area contributed by atoms with Crippen LogP contribution in [0.2, 0.25) is 0 Å². The molecule has 0 amide bonds. The second-order valence-electron chi connectivity index (χ2n) is 10.9. The summed E-state index contributed by atoms with van der Waals surface area (Å²) < 4.78 is 1.42. The molecule has 0 aromatic heterocycles. The summed E-state index contributed by atoms with van der Waals surface area (Å²) in [6.07, 6.45) is 16.3. The molecule has 2 heteroatoms. The van der Waals surface area contributed by atoms with E-state index in [4.69, 9.17) is 0 Å². The molecule has 0 saturated carbocycles. The molecule has 0 bridgehead atoms. The maximum Gasteiger partial charge on any atom is 0.0786 e. The van der Waals surface area contributed by atoms with Crippen molar-refractivity contribution in [2.75, 3.05) is 26.2 Å². The Morgan fingerprint density at radius 1 is 0.556 bits per heavy atom. The Bertz CT molecular complexity index is 987. The minimum absolute atomic E-state index is 0. The van der Waals surface area contributed by atoms with Crippen molar-refractivity contribution in [3.63, 3.8) is 0 Å². The molecule has 200 valence electrons. The number of unbranched alkanes of at least 4 members (excludes halogenated alkanes) is 4. The molecule has 0 N–H and O–H groups in total. The summed E-state index contributed by atoms with van der Waals surface area (Å²) in [5.41, 5.74) is 3.17. The summed E-state index contributed by atoms with van der Waals surface area (Å²) in [6, 6.07) is 18.0. The summed E-state index contributed by atoms with van der Waals surface area (Å²) in [7, 11) is 0. The largest absolute Gasteiger partial charge is 1.00 e. The monoisotopic (exact) mass is 493 g/mol. The smallest absolute Gasteiger partial charge is 0.0786 e. The minimum Gasteiger partial charge on any atom is -1.00 e. The van der Waals surface area contributed by atoms with Crippen molar-refractivity contribution in [1.29, 1.82) is 0 Å². The Labute approximate surface area is 221 Å². The summed E-state index contributed by atoms with van der Waals surface area (Å²) in [5.74, 6) is 0. The Hall–Kier alpha value is -1.93. The van der Waals surface area contributed by atoms with E-state index in [2.05, 4.69) is 76.2 Å². The Balaban J connectivity index is 0.000000248. The molecule has 3 aromatic carbocycles. The molecule has 4 rings (SSSR count). The second kappa shape index (κ2) is 16.0. The van der Waals surface area contributed by atoms with Crippen LogP contribution in [0.5, 0.6) is 0 Å². The first kappa shape index (κ1) is 30.3.